The molecule has 9 rings (SSSR count). The number of nitrogens with zero attached hydrogens (tertiary/aromatic N) is 3. The van der Waals surface area contributed by atoms with Crippen LogP contribution in [-0.4, -0.2) is 15.0 Å². The van der Waals surface area contributed by atoms with Crippen molar-refractivity contribution < 1.29 is 5.48 Å². The zero-order valence-electron chi connectivity index (χ0n) is 29.7. The van der Waals surface area contributed by atoms with Crippen LogP contribution in [0.1, 0.15) is 67.9 Å². The van der Waals surface area contributed by atoms with Crippen molar-refractivity contribution in [3.05, 3.63) is 139 Å². The summed E-state index contributed by atoms with van der Waals surface area (Å²) in [6.45, 7) is 0. The number of aromatic nitrogens is 3. The van der Waals surface area contributed by atoms with Gasteiger partial charge in [-0.1, -0.05) is 134 Å². The van der Waals surface area contributed by atoms with E-state index in [9.17, 15) is 5.48 Å². The molecular formula is C43H37N3. The van der Waals surface area contributed by atoms with Crippen LogP contribution in [0.4, 0.5) is 0 Å². The Morgan fingerprint density at radius 3 is 1.61 bits per heavy atom. The largest absolute Gasteiger partial charge is 0.208 e. The lowest BCUT2D eigenvalue weighted by molar-refractivity contribution is 0.152. The van der Waals surface area contributed by atoms with E-state index in [1.165, 1.54) is 0 Å². The highest BCUT2D eigenvalue weighted by molar-refractivity contribution is 5.87. The van der Waals surface area contributed by atoms with Gasteiger partial charge in [0.1, 0.15) is 0 Å². The molecule has 0 saturated heterocycles. The number of fused-ring (bicyclic) bond motifs is 5. The molecule has 3 nitrogen and oxygen atoms in total. The molecule has 0 aliphatic heterocycles. The summed E-state index contributed by atoms with van der Waals surface area (Å²) in [6.07, 6.45) is 0.999. The van der Waals surface area contributed by atoms with Crippen LogP contribution >= 0.6 is 0 Å². The topological polar surface area (TPSA) is 38.7 Å². The van der Waals surface area contributed by atoms with Gasteiger partial charge in [-0.05, 0) is 83.3 Å². The Balaban J connectivity index is 1.24. The summed E-state index contributed by atoms with van der Waals surface area (Å²) in [6, 6.07) is 42.0. The summed E-state index contributed by atoms with van der Waals surface area (Å²) >= 11 is 0. The second-order valence-electron chi connectivity index (χ2n) is 13.1. The lowest BCUT2D eigenvalue weighted by atomic mass is 9.59. The van der Waals surface area contributed by atoms with E-state index in [0.29, 0.717) is 30.3 Å². The molecule has 0 N–H and O–H groups in total. The van der Waals surface area contributed by atoms with E-state index in [4.69, 9.17) is 15.0 Å². The average molecular weight is 600 g/mol. The molecule has 2 saturated carbocycles. The van der Waals surface area contributed by atoms with E-state index in [0.717, 1.165) is 75.8 Å². The molecule has 1 heterocycles. The van der Waals surface area contributed by atoms with E-state index in [1.54, 1.807) is 0 Å². The molecule has 224 valence electrons. The van der Waals surface area contributed by atoms with Gasteiger partial charge >= 0.3 is 0 Å². The second-order valence-corrected chi connectivity index (χ2v) is 13.1. The van der Waals surface area contributed by atoms with Gasteiger partial charge in [0.2, 0.25) is 0 Å². The SMILES string of the molecule is [2H]C1([2H])CC2(CCCC2)CC([2H])([2H])C12c1ccccc1-c1ccc(-c3ccccc3-c3nc(-c4ccccc4)nc(-c4ccccc4)n3)cc12. The maximum atomic E-state index is 9.84. The Morgan fingerprint density at radius 2 is 0.957 bits per heavy atom. The Morgan fingerprint density at radius 1 is 0.435 bits per heavy atom. The molecule has 0 unspecified atom stereocenters. The lowest BCUT2D eigenvalue weighted by Crippen LogP contribution is -2.35. The van der Waals surface area contributed by atoms with Gasteiger partial charge in [-0.25, -0.2) is 15.0 Å². The first kappa shape index (κ1) is 23.4. The minimum absolute atomic E-state index is 0.300. The molecule has 3 aliphatic carbocycles. The Bertz CT molecular complexity index is 2170. The predicted molar refractivity (Wildman–Crippen MR) is 187 cm³/mol. The van der Waals surface area contributed by atoms with Crippen LogP contribution in [0.15, 0.2) is 127 Å². The summed E-state index contributed by atoms with van der Waals surface area (Å²) in [7, 11) is 0. The summed E-state index contributed by atoms with van der Waals surface area (Å²) in [4.78, 5) is 14.9. The van der Waals surface area contributed by atoms with Crippen molar-refractivity contribution in [2.75, 3.05) is 0 Å². The van der Waals surface area contributed by atoms with Crippen molar-refractivity contribution >= 4 is 0 Å². The molecule has 5 aromatic carbocycles. The third kappa shape index (κ3) is 4.44. The summed E-state index contributed by atoms with van der Waals surface area (Å²) in [5.74, 6) is 1.70. The molecular weight excluding hydrogens is 558 g/mol. The molecule has 0 atom stereocenters. The van der Waals surface area contributed by atoms with Crippen molar-refractivity contribution in [3.63, 3.8) is 0 Å². The van der Waals surface area contributed by atoms with Gasteiger partial charge in [-0.2, -0.15) is 0 Å². The van der Waals surface area contributed by atoms with Crippen LogP contribution in [0.5, 0.6) is 0 Å². The molecule has 46 heavy (non-hydrogen) atoms. The van der Waals surface area contributed by atoms with Crippen molar-refractivity contribution in [3.8, 4) is 56.4 Å². The molecule has 2 fully saturated rings. The fourth-order valence-electron chi connectivity index (χ4n) is 7.93. The van der Waals surface area contributed by atoms with Gasteiger partial charge in [-0.3, -0.25) is 0 Å². The molecule has 0 radical (unpaired) electrons. The van der Waals surface area contributed by atoms with Crippen LogP contribution in [-0.2, 0) is 5.41 Å². The van der Waals surface area contributed by atoms with Gasteiger partial charge in [-0.15, -0.1) is 0 Å². The monoisotopic (exact) mass is 599 g/mol. The molecule has 3 heteroatoms. The van der Waals surface area contributed by atoms with Gasteiger partial charge < -0.3 is 0 Å². The van der Waals surface area contributed by atoms with E-state index < -0.39 is 18.2 Å². The van der Waals surface area contributed by atoms with Crippen molar-refractivity contribution in [1.29, 1.82) is 0 Å². The first-order valence-corrected chi connectivity index (χ1v) is 16.4. The maximum absolute atomic E-state index is 9.84. The van der Waals surface area contributed by atoms with E-state index in [1.807, 2.05) is 103 Å². The zero-order valence-corrected chi connectivity index (χ0v) is 25.7. The van der Waals surface area contributed by atoms with Crippen molar-refractivity contribution in [2.45, 2.75) is 56.7 Å². The highest BCUT2D eigenvalue weighted by Gasteiger charge is 2.49. The molecule has 6 aromatic rings. The van der Waals surface area contributed by atoms with E-state index >= 15 is 0 Å². The minimum Gasteiger partial charge on any atom is -0.208 e. The average Bonchev–Trinajstić information content (AvgIpc) is 3.71. The molecule has 2 spiro atoms. The highest BCUT2D eigenvalue weighted by Crippen LogP contribution is 2.61. The van der Waals surface area contributed by atoms with Crippen LogP contribution in [0, 0.1) is 5.41 Å². The Hall–Kier alpha value is -4.89. The molecule has 0 amide bonds. The van der Waals surface area contributed by atoms with Crippen LogP contribution in [0.2, 0.25) is 0 Å². The van der Waals surface area contributed by atoms with Crippen molar-refractivity contribution in [1.82, 2.24) is 15.0 Å². The van der Waals surface area contributed by atoms with Crippen molar-refractivity contribution in [2.24, 2.45) is 5.41 Å². The first-order chi connectivity index (χ1) is 24.2. The number of benzene rings is 5. The predicted octanol–water partition coefficient (Wildman–Crippen LogP) is 10.9. The van der Waals surface area contributed by atoms with Crippen LogP contribution < -0.4 is 0 Å². The Labute approximate surface area is 277 Å². The zero-order chi connectivity index (χ0) is 34.1. The quantitative estimate of drug-likeness (QED) is 0.202. The fraction of sp³-hybridized carbons (Fsp3) is 0.233. The summed E-state index contributed by atoms with van der Waals surface area (Å²) in [5, 5.41) is 0. The molecule has 1 aromatic heterocycles. The van der Waals surface area contributed by atoms with Crippen LogP contribution in [0.25, 0.3) is 56.4 Å². The highest BCUT2D eigenvalue weighted by atomic mass is 15.0. The van der Waals surface area contributed by atoms with Gasteiger partial charge in [0.05, 0.1) is 0 Å². The third-order valence-electron chi connectivity index (χ3n) is 10.3. The lowest BCUT2D eigenvalue weighted by Gasteiger charge is -2.44. The Kier molecular flexibility index (Phi) is 5.54. The van der Waals surface area contributed by atoms with Gasteiger partial charge in [0.25, 0.3) is 0 Å². The minimum atomic E-state index is -1.80. The molecule has 0 bridgehead atoms. The number of hydrogen-bond donors (Lipinski definition) is 0. The maximum Gasteiger partial charge on any atom is 0.164 e. The van der Waals surface area contributed by atoms with Crippen LogP contribution in [0.3, 0.4) is 0 Å². The normalized spacial score (nSPS) is 20.7. The fourth-order valence-corrected chi connectivity index (χ4v) is 7.93. The smallest absolute Gasteiger partial charge is 0.164 e. The summed E-state index contributed by atoms with van der Waals surface area (Å²) in [5.41, 5.74) is 5.98. The third-order valence-corrected chi connectivity index (χ3v) is 10.3. The van der Waals surface area contributed by atoms with Gasteiger partial charge in [0.15, 0.2) is 17.5 Å². The number of hydrogen-bond acceptors (Lipinski definition) is 3. The second kappa shape index (κ2) is 10.9. The summed E-state index contributed by atoms with van der Waals surface area (Å²) < 4.78 is 39.4. The van der Waals surface area contributed by atoms with Gasteiger partial charge in [0, 0.05) is 27.6 Å². The number of rotatable bonds is 4. The standard InChI is InChI=1S/C43H37N3/c1-3-13-30(14-4-1)39-44-40(31-15-5-2-6-16-31)46-41(45-39)36-19-8-7-17-33(36)32-21-22-35-34-18-9-10-20-37(34)43(38(35)29-32)27-25-42(26-28-43)23-11-12-24-42/h1-10,13-22,29H,11-12,23-28H2/i27D2,28D2. The van der Waals surface area contributed by atoms with E-state index in [-0.39, 0.29) is 5.41 Å². The first-order valence-electron chi connectivity index (χ1n) is 18.4. The molecule has 3 aliphatic rings. The van der Waals surface area contributed by atoms with E-state index in [2.05, 4.69) is 24.3 Å².